The monoisotopic (exact) mass is 506 g/mol. The van der Waals surface area contributed by atoms with Crippen LogP contribution in [0.3, 0.4) is 0 Å². The van der Waals surface area contributed by atoms with Crippen molar-refractivity contribution in [1.29, 1.82) is 0 Å². The van der Waals surface area contributed by atoms with Crippen molar-refractivity contribution in [2.24, 2.45) is 0 Å². The summed E-state index contributed by atoms with van der Waals surface area (Å²) in [5.74, 6) is -0.349. The summed E-state index contributed by atoms with van der Waals surface area (Å²) in [5.41, 5.74) is 0. The number of ether oxygens (including phenoxy) is 2. The fourth-order valence-corrected chi connectivity index (χ4v) is 3.80. The van der Waals surface area contributed by atoms with Gasteiger partial charge in [0.15, 0.2) is 0 Å². The molecule has 12 nitrogen and oxygen atoms in total. The minimum Gasteiger partial charge on any atom is -0.390 e. The third kappa shape index (κ3) is 26.0. The predicted molar refractivity (Wildman–Crippen MR) is 121 cm³/mol. The summed E-state index contributed by atoms with van der Waals surface area (Å²) in [7, 11) is -7.96. The molecule has 8 N–H and O–H groups in total. The van der Waals surface area contributed by atoms with Gasteiger partial charge in [-0.1, -0.05) is 12.8 Å². The van der Waals surface area contributed by atoms with Crippen molar-refractivity contribution in [3.8, 4) is 0 Å². The lowest BCUT2D eigenvalue weighted by Crippen LogP contribution is -2.34. The van der Waals surface area contributed by atoms with Crippen LogP contribution in [0.2, 0.25) is 6.04 Å². The Morgan fingerprint density at radius 2 is 1.22 bits per heavy atom. The summed E-state index contributed by atoms with van der Waals surface area (Å²) in [6.45, 7) is 3.04. The molecule has 0 radical (unpaired) electrons. The van der Waals surface area contributed by atoms with E-state index in [1.165, 1.54) is 0 Å². The molecule has 0 fully saturated rings. The van der Waals surface area contributed by atoms with Crippen LogP contribution in [-0.2, 0) is 19.6 Å². The minimum atomic E-state index is -3.99. The van der Waals surface area contributed by atoms with Gasteiger partial charge in [-0.3, -0.25) is 4.55 Å². The van der Waals surface area contributed by atoms with Crippen LogP contribution in [0.5, 0.6) is 0 Å². The molecule has 0 heterocycles. The Kier molecular flexibility index (Phi) is 19.0. The molecule has 32 heavy (non-hydrogen) atoms. The number of hydrogen-bond acceptors (Lipinski definition) is 11. The first kappa shape index (κ1) is 31.8. The number of nitrogens with one attached hydrogen (secondary N) is 2. The van der Waals surface area contributed by atoms with Crippen molar-refractivity contribution in [2.75, 3.05) is 58.4 Å². The normalized spacial score (nSPS) is 14.6. The zero-order valence-electron chi connectivity index (χ0n) is 18.7. The highest BCUT2D eigenvalue weighted by atomic mass is 32.2. The van der Waals surface area contributed by atoms with Crippen LogP contribution in [0, 0.1) is 0 Å². The number of aliphatic hydroxyl groups is 2. The number of unbranched alkanes of at least 4 members (excludes halogenated alkanes) is 3. The summed E-state index contributed by atoms with van der Waals surface area (Å²) < 4.78 is 40.0. The quantitative estimate of drug-likeness (QED) is 0.0434. The third-order valence-electron chi connectivity index (χ3n) is 4.33. The van der Waals surface area contributed by atoms with Gasteiger partial charge in [0.2, 0.25) is 0 Å². The van der Waals surface area contributed by atoms with Gasteiger partial charge in [0.25, 0.3) is 10.1 Å². The summed E-state index contributed by atoms with van der Waals surface area (Å²) in [4.78, 5) is 26.6. The highest BCUT2D eigenvalue weighted by Crippen LogP contribution is 2.02. The molecule has 0 aromatic rings. The summed E-state index contributed by atoms with van der Waals surface area (Å²) in [6, 6.07) is -0.0755. The van der Waals surface area contributed by atoms with Gasteiger partial charge >= 0.3 is 8.80 Å². The molecule has 2 atom stereocenters. The maximum absolute atomic E-state index is 10.5. The van der Waals surface area contributed by atoms with Crippen LogP contribution >= 0.6 is 0 Å². The van der Waals surface area contributed by atoms with E-state index >= 15 is 0 Å². The molecule has 0 rings (SSSR count). The highest BCUT2D eigenvalue weighted by molar-refractivity contribution is 7.85. The van der Waals surface area contributed by atoms with E-state index in [1.807, 2.05) is 0 Å². The topological polar surface area (TPSA) is 198 Å². The van der Waals surface area contributed by atoms with Crippen molar-refractivity contribution < 1.29 is 47.0 Å². The van der Waals surface area contributed by atoms with E-state index < -0.39 is 31.1 Å². The van der Waals surface area contributed by atoms with E-state index in [0.717, 1.165) is 38.8 Å². The molecule has 0 aromatic heterocycles. The average molecular weight is 507 g/mol. The van der Waals surface area contributed by atoms with E-state index in [2.05, 4.69) is 10.6 Å². The lowest BCUT2D eigenvalue weighted by atomic mass is 10.2. The molecule has 0 aromatic carbocycles. The largest absolute Gasteiger partial charge is 0.492 e. The van der Waals surface area contributed by atoms with E-state index in [0.29, 0.717) is 19.5 Å². The van der Waals surface area contributed by atoms with E-state index in [4.69, 9.17) is 28.4 Å². The number of hydrogen-bond donors (Lipinski definition) is 8. The lowest BCUT2D eigenvalue weighted by Gasteiger charge is -2.13. The number of rotatable bonds is 23. The number of aliphatic hydroxyl groups excluding tert-OH is 2. The molecular formula is C18H42N2O10SSi. The molecule has 0 saturated carbocycles. The molecule has 2 unspecified atom stereocenters. The maximum atomic E-state index is 10.5. The predicted octanol–water partition coefficient (Wildman–Crippen LogP) is -1.94. The molecule has 194 valence electrons. The van der Waals surface area contributed by atoms with Gasteiger partial charge in [-0.05, 0) is 38.8 Å². The third-order valence-corrected chi connectivity index (χ3v) is 6.16. The van der Waals surface area contributed by atoms with Gasteiger partial charge in [0.1, 0.15) is 0 Å². The van der Waals surface area contributed by atoms with Crippen LogP contribution in [0.15, 0.2) is 0 Å². The second-order valence-electron chi connectivity index (χ2n) is 7.80. The smallest absolute Gasteiger partial charge is 0.390 e. The fourth-order valence-electron chi connectivity index (χ4n) is 2.70. The standard InChI is InChI=1S/C18H42N2O10SSi/c21-17(15-29-9-5-11-31(23,24)25)13-19-7-3-1-2-4-8-20-14-18(22)16-30-10-6-12-32(26,27)28/h17-22,26-28H,1-16H2,(H,23,24,25). The maximum Gasteiger partial charge on any atom is 0.492 e. The molecule has 0 aliphatic carbocycles. The molecule has 0 aliphatic rings. The SMILES string of the molecule is O=S(=O)(O)CCCOCC(O)CNCCCCCCNCC(O)COCCC[Si](O)(O)O. The van der Waals surface area contributed by atoms with Crippen LogP contribution in [-0.4, -0.2) is 117 Å². The van der Waals surface area contributed by atoms with Gasteiger partial charge in [-0.15, -0.1) is 0 Å². The Labute approximate surface area is 192 Å². The zero-order chi connectivity index (χ0) is 24.3. The van der Waals surface area contributed by atoms with Crippen LogP contribution < -0.4 is 10.6 Å². The van der Waals surface area contributed by atoms with E-state index in [9.17, 15) is 18.6 Å². The van der Waals surface area contributed by atoms with Gasteiger partial charge < -0.3 is 44.7 Å². The summed E-state index contributed by atoms with van der Waals surface area (Å²) >= 11 is 0. The molecule has 0 saturated heterocycles. The second-order valence-corrected chi connectivity index (χ2v) is 11.4. The molecule has 0 bridgehead atoms. The lowest BCUT2D eigenvalue weighted by molar-refractivity contribution is 0.0363. The zero-order valence-corrected chi connectivity index (χ0v) is 20.5. The van der Waals surface area contributed by atoms with Gasteiger partial charge in [0.05, 0.1) is 31.2 Å². The Hall–Kier alpha value is -0.233. The van der Waals surface area contributed by atoms with E-state index in [-0.39, 0.29) is 44.6 Å². The summed E-state index contributed by atoms with van der Waals surface area (Å²) in [6.07, 6.45) is 3.22. The molecule has 0 spiro atoms. The van der Waals surface area contributed by atoms with Crippen LogP contribution in [0.1, 0.15) is 38.5 Å². The highest BCUT2D eigenvalue weighted by Gasteiger charge is 2.25. The van der Waals surface area contributed by atoms with Crippen molar-refractivity contribution in [3.63, 3.8) is 0 Å². The van der Waals surface area contributed by atoms with Gasteiger partial charge in [-0.2, -0.15) is 8.42 Å². The second kappa shape index (κ2) is 19.1. The van der Waals surface area contributed by atoms with Gasteiger partial charge in [0, 0.05) is 32.3 Å². The fraction of sp³-hybridized carbons (Fsp3) is 1.00. The first-order chi connectivity index (χ1) is 15.0. The Bertz CT molecular complexity index is 536. The minimum absolute atomic E-state index is 0.0755. The van der Waals surface area contributed by atoms with E-state index in [1.54, 1.807) is 0 Å². The van der Waals surface area contributed by atoms with Gasteiger partial charge in [-0.25, -0.2) is 0 Å². The first-order valence-corrected chi connectivity index (χ1v) is 14.7. The van der Waals surface area contributed by atoms with Crippen LogP contribution in [0.25, 0.3) is 0 Å². The summed E-state index contributed by atoms with van der Waals surface area (Å²) in [5, 5.41) is 25.8. The molecule has 0 aliphatic heterocycles. The van der Waals surface area contributed by atoms with Crippen molar-refractivity contribution in [2.45, 2.75) is 56.8 Å². The van der Waals surface area contributed by atoms with Crippen molar-refractivity contribution in [1.82, 2.24) is 10.6 Å². The van der Waals surface area contributed by atoms with Crippen molar-refractivity contribution in [3.05, 3.63) is 0 Å². The molecule has 14 heteroatoms. The molecular weight excluding hydrogens is 464 g/mol. The molecule has 0 amide bonds. The Balaban J connectivity index is 3.33. The Morgan fingerprint density at radius 1 is 0.750 bits per heavy atom. The Morgan fingerprint density at radius 3 is 1.66 bits per heavy atom. The van der Waals surface area contributed by atoms with Crippen molar-refractivity contribution >= 4 is 18.9 Å². The first-order valence-electron chi connectivity index (χ1n) is 11.0. The average Bonchev–Trinajstić information content (AvgIpc) is 2.67. The van der Waals surface area contributed by atoms with Crippen LogP contribution in [0.4, 0.5) is 0 Å².